The predicted molar refractivity (Wildman–Crippen MR) is 157 cm³/mol. The third kappa shape index (κ3) is 27.4. The molecule has 0 aliphatic rings. The summed E-state index contributed by atoms with van der Waals surface area (Å²) in [7, 11) is -4.23. The minimum absolute atomic E-state index is 0.0219. The summed E-state index contributed by atoms with van der Waals surface area (Å²) in [5.74, 6) is 0. The second kappa shape index (κ2) is 28.4. The molecule has 0 aliphatic carbocycles. The SMILES string of the molecule is CCCCCCCCCCCCCCCCCCOCC(COP(=O)(O)OCCBr)OC(=O)OCCCC. The molecule has 0 spiro atoms. The van der Waals surface area contributed by atoms with E-state index < -0.39 is 20.1 Å². The lowest BCUT2D eigenvalue weighted by Crippen LogP contribution is -2.29. The molecule has 0 heterocycles. The topological polar surface area (TPSA) is 101 Å². The molecular weight excluding hydrogens is 575 g/mol. The number of hydrogen-bond donors (Lipinski definition) is 1. The summed E-state index contributed by atoms with van der Waals surface area (Å²) < 4.78 is 37.5. The Balaban J connectivity index is 3.85. The molecule has 0 saturated heterocycles. The van der Waals surface area contributed by atoms with Crippen molar-refractivity contribution in [3.05, 3.63) is 0 Å². The van der Waals surface area contributed by atoms with Gasteiger partial charge in [0.25, 0.3) is 0 Å². The lowest BCUT2D eigenvalue weighted by atomic mass is 10.0. The first-order valence-corrected chi connectivity index (χ1v) is 17.7. The van der Waals surface area contributed by atoms with Gasteiger partial charge in [0, 0.05) is 11.9 Å². The number of hydrogen-bond acceptors (Lipinski definition) is 7. The molecule has 0 aromatic rings. The molecule has 0 aromatic carbocycles. The Kier molecular flexibility index (Phi) is 28.2. The van der Waals surface area contributed by atoms with Crippen molar-refractivity contribution < 1.29 is 37.5 Å². The van der Waals surface area contributed by atoms with Gasteiger partial charge in [-0.05, 0) is 12.8 Å². The van der Waals surface area contributed by atoms with Gasteiger partial charge < -0.3 is 19.1 Å². The molecule has 2 atom stereocenters. The first-order chi connectivity index (χ1) is 18.4. The molecule has 0 bridgehead atoms. The van der Waals surface area contributed by atoms with Crippen molar-refractivity contribution in [2.24, 2.45) is 0 Å². The zero-order chi connectivity index (χ0) is 28.2. The molecule has 1 N–H and O–H groups in total. The quantitative estimate of drug-likeness (QED) is 0.0378. The Labute approximate surface area is 241 Å². The molecule has 0 fully saturated rings. The first-order valence-electron chi connectivity index (χ1n) is 15.0. The van der Waals surface area contributed by atoms with Gasteiger partial charge in [-0.1, -0.05) is 133 Å². The summed E-state index contributed by atoms with van der Waals surface area (Å²) >= 11 is 3.12. The molecule has 0 amide bonds. The average molecular weight is 632 g/mol. The highest BCUT2D eigenvalue weighted by molar-refractivity contribution is 9.09. The van der Waals surface area contributed by atoms with Crippen LogP contribution in [0.25, 0.3) is 0 Å². The molecule has 0 aromatic heterocycles. The normalized spacial score (nSPS) is 13.8. The van der Waals surface area contributed by atoms with Crippen molar-refractivity contribution in [3.63, 3.8) is 0 Å². The number of halogens is 1. The molecular formula is C28H56BrO8P. The Hall–Kier alpha value is -0.180. The van der Waals surface area contributed by atoms with Crippen molar-refractivity contribution in [2.75, 3.05) is 38.4 Å². The van der Waals surface area contributed by atoms with Crippen LogP contribution >= 0.6 is 23.8 Å². The number of carbonyl (C=O) groups excluding carboxylic acids is 1. The van der Waals surface area contributed by atoms with E-state index in [-0.39, 0.29) is 26.4 Å². The van der Waals surface area contributed by atoms with Crippen LogP contribution in [0.1, 0.15) is 129 Å². The maximum atomic E-state index is 11.9. The van der Waals surface area contributed by atoms with E-state index in [1.807, 2.05) is 6.92 Å². The minimum Gasteiger partial charge on any atom is -0.434 e. The highest BCUT2D eigenvalue weighted by Gasteiger charge is 2.25. The van der Waals surface area contributed by atoms with Crippen LogP contribution in [0.15, 0.2) is 0 Å². The highest BCUT2D eigenvalue weighted by Crippen LogP contribution is 2.43. The number of alkyl halides is 1. The molecule has 2 unspecified atom stereocenters. The number of phosphoric ester groups is 1. The molecule has 228 valence electrons. The minimum atomic E-state index is -4.23. The number of unbranched alkanes of at least 4 members (excludes halogenated alkanes) is 16. The van der Waals surface area contributed by atoms with Gasteiger partial charge in [-0.25, -0.2) is 9.36 Å². The number of ether oxygens (including phenoxy) is 3. The fraction of sp³-hybridized carbons (Fsp3) is 0.964. The third-order valence-corrected chi connectivity index (χ3v) is 7.49. The molecule has 0 saturated carbocycles. The van der Waals surface area contributed by atoms with Gasteiger partial charge in [0.05, 0.1) is 26.4 Å². The second-order valence-corrected chi connectivity index (χ2v) is 12.1. The third-order valence-electron chi connectivity index (χ3n) is 6.18. The lowest BCUT2D eigenvalue weighted by molar-refractivity contribution is -0.0375. The fourth-order valence-corrected chi connectivity index (χ4v) is 5.08. The highest BCUT2D eigenvalue weighted by atomic mass is 79.9. The second-order valence-electron chi connectivity index (χ2n) is 9.86. The van der Waals surface area contributed by atoms with E-state index in [1.165, 1.54) is 89.9 Å². The van der Waals surface area contributed by atoms with Crippen molar-refractivity contribution >= 4 is 29.9 Å². The van der Waals surface area contributed by atoms with Crippen LogP contribution in [-0.4, -0.2) is 55.5 Å². The van der Waals surface area contributed by atoms with E-state index >= 15 is 0 Å². The summed E-state index contributed by atoms with van der Waals surface area (Å²) in [4.78, 5) is 21.6. The molecule has 0 rings (SSSR count). The average Bonchev–Trinajstić information content (AvgIpc) is 2.90. The van der Waals surface area contributed by atoms with Crippen molar-refractivity contribution in [1.82, 2.24) is 0 Å². The zero-order valence-electron chi connectivity index (χ0n) is 24.2. The van der Waals surface area contributed by atoms with Crippen LogP contribution < -0.4 is 0 Å². The molecule has 8 nitrogen and oxygen atoms in total. The maximum Gasteiger partial charge on any atom is 0.508 e. The molecule has 0 aliphatic heterocycles. The van der Waals surface area contributed by atoms with Gasteiger partial charge >= 0.3 is 14.0 Å². The summed E-state index contributed by atoms with van der Waals surface area (Å²) in [6.45, 7) is 4.80. The first kappa shape index (κ1) is 37.8. The predicted octanol–water partition coefficient (Wildman–Crippen LogP) is 9.11. The van der Waals surface area contributed by atoms with Gasteiger partial charge in [-0.15, -0.1) is 0 Å². The Morgan fingerprint density at radius 3 is 1.68 bits per heavy atom. The Morgan fingerprint density at radius 1 is 0.684 bits per heavy atom. The van der Waals surface area contributed by atoms with Crippen molar-refractivity contribution in [3.8, 4) is 0 Å². The van der Waals surface area contributed by atoms with Crippen LogP contribution in [0.5, 0.6) is 0 Å². The van der Waals surface area contributed by atoms with Crippen LogP contribution in [-0.2, 0) is 27.8 Å². The van der Waals surface area contributed by atoms with E-state index in [0.717, 1.165) is 25.7 Å². The fourth-order valence-electron chi connectivity index (χ4n) is 3.92. The van der Waals surface area contributed by atoms with E-state index in [1.54, 1.807) is 0 Å². The summed E-state index contributed by atoms with van der Waals surface area (Å²) in [6.07, 6.45) is 20.8. The van der Waals surface area contributed by atoms with Crippen LogP contribution in [0, 0.1) is 0 Å². The van der Waals surface area contributed by atoms with Gasteiger partial charge in [-0.3, -0.25) is 9.05 Å². The Morgan fingerprint density at radius 2 is 1.18 bits per heavy atom. The van der Waals surface area contributed by atoms with E-state index in [2.05, 4.69) is 22.9 Å². The number of rotatable bonds is 29. The largest absolute Gasteiger partial charge is 0.508 e. The van der Waals surface area contributed by atoms with Gasteiger partial charge in [0.2, 0.25) is 0 Å². The number of carbonyl (C=O) groups is 1. The van der Waals surface area contributed by atoms with Crippen molar-refractivity contribution in [2.45, 2.75) is 136 Å². The van der Waals surface area contributed by atoms with Crippen LogP contribution in [0.4, 0.5) is 4.79 Å². The summed E-state index contributed by atoms with van der Waals surface area (Å²) in [5.41, 5.74) is 0. The van der Waals surface area contributed by atoms with Crippen LogP contribution in [0.2, 0.25) is 0 Å². The zero-order valence-corrected chi connectivity index (χ0v) is 26.7. The number of phosphoric acid groups is 1. The van der Waals surface area contributed by atoms with Crippen molar-refractivity contribution in [1.29, 1.82) is 0 Å². The van der Waals surface area contributed by atoms with E-state index in [4.69, 9.17) is 23.3 Å². The Bertz CT molecular complexity index is 567. The maximum absolute atomic E-state index is 11.9. The summed E-state index contributed by atoms with van der Waals surface area (Å²) in [5, 5.41) is 0.396. The summed E-state index contributed by atoms with van der Waals surface area (Å²) in [6, 6.07) is 0. The van der Waals surface area contributed by atoms with Gasteiger partial charge in [0.1, 0.15) is 0 Å². The van der Waals surface area contributed by atoms with Gasteiger partial charge in [-0.2, -0.15) is 0 Å². The monoisotopic (exact) mass is 630 g/mol. The van der Waals surface area contributed by atoms with Gasteiger partial charge in [0.15, 0.2) is 6.10 Å². The van der Waals surface area contributed by atoms with E-state index in [9.17, 15) is 14.3 Å². The molecule has 38 heavy (non-hydrogen) atoms. The molecule has 10 heteroatoms. The standard InChI is InChI=1S/C28H56BrO8P/c1-3-5-7-8-9-10-11-12-13-14-15-16-17-18-19-20-22-33-25-27(37-28(30)34-23-6-4-2)26-36-38(31,32)35-24-21-29/h27H,3-26H2,1-2H3,(H,31,32). The smallest absolute Gasteiger partial charge is 0.434 e. The lowest BCUT2D eigenvalue weighted by Gasteiger charge is -2.19. The molecule has 0 radical (unpaired) electrons. The van der Waals surface area contributed by atoms with Crippen LogP contribution in [0.3, 0.4) is 0 Å². The van der Waals surface area contributed by atoms with E-state index in [0.29, 0.717) is 11.9 Å².